The smallest absolute Gasteiger partial charge is 0.0627 e. The highest BCUT2D eigenvalue weighted by Gasteiger charge is 2.66. The van der Waals surface area contributed by atoms with Crippen LogP contribution in [0, 0.1) is 40.4 Å². The SMILES string of the molecule is CC1C2CCC3C4(C)CC(O)CC(CO)C4CCC3(C2)C1O. The predicted octanol–water partition coefficient (Wildman–Crippen LogP) is 2.58. The summed E-state index contributed by atoms with van der Waals surface area (Å²) in [6.45, 7) is 4.82. The molecule has 0 aromatic carbocycles. The molecule has 4 aliphatic carbocycles. The van der Waals surface area contributed by atoms with Crippen molar-refractivity contribution in [2.75, 3.05) is 6.61 Å². The second-order valence-corrected chi connectivity index (χ2v) is 9.32. The quantitative estimate of drug-likeness (QED) is 0.698. The van der Waals surface area contributed by atoms with Gasteiger partial charge in [-0.1, -0.05) is 13.8 Å². The third-order valence-electron chi connectivity index (χ3n) is 8.61. The largest absolute Gasteiger partial charge is 0.396 e. The van der Waals surface area contributed by atoms with E-state index in [0.717, 1.165) is 25.7 Å². The number of aliphatic hydroxyl groups is 3. The first-order valence-electron chi connectivity index (χ1n) is 9.39. The summed E-state index contributed by atoms with van der Waals surface area (Å²) in [5, 5.41) is 31.3. The molecule has 0 aliphatic heterocycles. The van der Waals surface area contributed by atoms with Crippen LogP contribution >= 0.6 is 0 Å². The third-order valence-corrected chi connectivity index (χ3v) is 8.61. The van der Waals surface area contributed by atoms with E-state index in [-0.39, 0.29) is 35.6 Å². The minimum absolute atomic E-state index is 0.0966. The average Bonchev–Trinajstić information content (AvgIpc) is 2.66. The van der Waals surface area contributed by atoms with Gasteiger partial charge in [-0.25, -0.2) is 0 Å². The summed E-state index contributed by atoms with van der Waals surface area (Å²) in [7, 11) is 0. The fraction of sp³-hybridized carbons (Fsp3) is 1.00. The molecule has 4 aliphatic rings. The van der Waals surface area contributed by atoms with Gasteiger partial charge in [-0.15, -0.1) is 0 Å². The Bertz CT molecular complexity index is 452. The van der Waals surface area contributed by atoms with Gasteiger partial charge in [0.2, 0.25) is 0 Å². The lowest BCUT2D eigenvalue weighted by molar-refractivity contribution is -0.177. The fourth-order valence-corrected chi connectivity index (χ4v) is 7.75. The Morgan fingerprint density at radius 1 is 1.09 bits per heavy atom. The molecule has 1 spiro atoms. The van der Waals surface area contributed by atoms with Crippen LogP contribution < -0.4 is 0 Å². The first-order valence-corrected chi connectivity index (χ1v) is 9.39. The second kappa shape index (κ2) is 4.94. The van der Waals surface area contributed by atoms with Gasteiger partial charge in [-0.05, 0) is 80.0 Å². The van der Waals surface area contributed by atoms with Crippen molar-refractivity contribution in [3.8, 4) is 0 Å². The maximum Gasteiger partial charge on any atom is 0.0627 e. The lowest BCUT2D eigenvalue weighted by atomic mass is 9.43. The highest BCUT2D eigenvalue weighted by Crippen LogP contribution is 2.70. The zero-order chi connectivity index (χ0) is 15.7. The number of hydrogen-bond donors (Lipinski definition) is 3. The molecule has 126 valence electrons. The van der Waals surface area contributed by atoms with Crippen LogP contribution in [0.3, 0.4) is 0 Å². The molecule has 4 saturated carbocycles. The summed E-state index contributed by atoms with van der Waals surface area (Å²) in [5.41, 5.74) is 0.198. The summed E-state index contributed by atoms with van der Waals surface area (Å²) in [4.78, 5) is 0. The molecule has 3 N–H and O–H groups in total. The lowest BCUT2D eigenvalue weighted by Gasteiger charge is -2.62. The van der Waals surface area contributed by atoms with Gasteiger partial charge in [0.05, 0.1) is 12.2 Å². The summed E-state index contributed by atoms with van der Waals surface area (Å²) in [5.74, 6) is 2.44. The molecule has 2 bridgehead atoms. The van der Waals surface area contributed by atoms with E-state index in [4.69, 9.17) is 0 Å². The third kappa shape index (κ3) is 1.79. The summed E-state index contributed by atoms with van der Waals surface area (Å²) in [6.07, 6.45) is 7.11. The minimum atomic E-state index is -0.276. The van der Waals surface area contributed by atoms with Crippen LogP contribution in [0.5, 0.6) is 0 Å². The van der Waals surface area contributed by atoms with Crippen LogP contribution in [0.25, 0.3) is 0 Å². The Hall–Kier alpha value is -0.120. The van der Waals surface area contributed by atoms with Crippen molar-refractivity contribution in [3.05, 3.63) is 0 Å². The minimum Gasteiger partial charge on any atom is -0.396 e. The first kappa shape index (κ1) is 15.4. The second-order valence-electron chi connectivity index (χ2n) is 9.32. The molecule has 0 aromatic heterocycles. The van der Waals surface area contributed by atoms with E-state index in [0.29, 0.717) is 23.7 Å². The van der Waals surface area contributed by atoms with Crippen LogP contribution in [-0.4, -0.2) is 34.1 Å². The molecule has 4 rings (SSSR count). The van der Waals surface area contributed by atoms with Crippen molar-refractivity contribution in [2.24, 2.45) is 40.4 Å². The zero-order valence-corrected chi connectivity index (χ0v) is 14.0. The Balaban J connectivity index is 1.73. The van der Waals surface area contributed by atoms with Crippen LogP contribution in [0.4, 0.5) is 0 Å². The molecular formula is C19H32O3. The summed E-state index contributed by atoms with van der Waals surface area (Å²) >= 11 is 0. The summed E-state index contributed by atoms with van der Waals surface area (Å²) < 4.78 is 0. The Morgan fingerprint density at radius 3 is 2.59 bits per heavy atom. The van der Waals surface area contributed by atoms with E-state index in [2.05, 4.69) is 13.8 Å². The molecular weight excluding hydrogens is 276 g/mol. The molecule has 4 fully saturated rings. The van der Waals surface area contributed by atoms with Crippen LogP contribution in [0.15, 0.2) is 0 Å². The van der Waals surface area contributed by atoms with Gasteiger partial charge in [0.15, 0.2) is 0 Å². The highest BCUT2D eigenvalue weighted by molar-refractivity contribution is 5.15. The molecule has 9 unspecified atom stereocenters. The monoisotopic (exact) mass is 308 g/mol. The number of rotatable bonds is 1. The van der Waals surface area contributed by atoms with Gasteiger partial charge in [0, 0.05) is 12.0 Å². The van der Waals surface area contributed by atoms with E-state index in [1.807, 2.05) is 0 Å². The fourth-order valence-electron chi connectivity index (χ4n) is 7.75. The van der Waals surface area contributed by atoms with Crippen LogP contribution in [-0.2, 0) is 0 Å². The van der Waals surface area contributed by atoms with E-state index in [9.17, 15) is 15.3 Å². The van der Waals surface area contributed by atoms with Gasteiger partial charge < -0.3 is 15.3 Å². The van der Waals surface area contributed by atoms with Crippen molar-refractivity contribution < 1.29 is 15.3 Å². The Kier molecular flexibility index (Phi) is 3.46. The molecule has 0 radical (unpaired) electrons. The van der Waals surface area contributed by atoms with Crippen molar-refractivity contribution in [1.82, 2.24) is 0 Å². The molecule has 0 amide bonds. The van der Waals surface area contributed by atoms with Crippen LogP contribution in [0.1, 0.15) is 58.8 Å². The Labute approximate surface area is 134 Å². The standard InChI is InChI=1S/C19H32O3/c1-11-12-3-4-16-18(2)9-14(21)7-13(10-20)15(18)5-6-19(16,8-12)17(11)22/h11-17,20-22H,3-10H2,1-2H3. The highest BCUT2D eigenvalue weighted by atomic mass is 16.3. The van der Waals surface area contributed by atoms with Crippen molar-refractivity contribution in [3.63, 3.8) is 0 Å². The number of aliphatic hydroxyl groups excluding tert-OH is 3. The maximum atomic E-state index is 11.0. The van der Waals surface area contributed by atoms with Gasteiger partial charge in [0.25, 0.3) is 0 Å². The van der Waals surface area contributed by atoms with Crippen molar-refractivity contribution >= 4 is 0 Å². The van der Waals surface area contributed by atoms with Gasteiger partial charge in [-0.2, -0.15) is 0 Å². The molecule has 3 nitrogen and oxygen atoms in total. The van der Waals surface area contributed by atoms with Gasteiger partial charge >= 0.3 is 0 Å². The van der Waals surface area contributed by atoms with Crippen molar-refractivity contribution in [1.29, 1.82) is 0 Å². The van der Waals surface area contributed by atoms with E-state index >= 15 is 0 Å². The number of fused-ring (bicyclic) bond motifs is 3. The topological polar surface area (TPSA) is 60.7 Å². The molecule has 9 atom stereocenters. The van der Waals surface area contributed by atoms with Crippen molar-refractivity contribution in [2.45, 2.75) is 71.0 Å². The first-order chi connectivity index (χ1) is 10.4. The average molecular weight is 308 g/mol. The molecule has 22 heavy (non-hydrogen) atoms. The molecule has 3 heteroatoms. The Morgan fingerprint density at radius 2 is 1.86 bits per heavy atom. The molecule has 0 aromatic rings. The van der Waals surface area contributed by atoms with Gasteiger partial charge in [0.1, 0.15) is 0 Å². The number of hydrogen-bond acceptors (Lipinski definition) is 3. The van der Waals surface area contributed by atoms with Crippen LogP contribution in [0.2, 0.25) is 0 Å². The maximum absolute atomic E-state index is 11.0. The van der Waals surface area contributed by atoms with Gasteiger partial charge in [-0.3, -0.25) is 0 Å². The molecule has 0 saturated heterocycles. The molecule has 0 heterocycles. The van der Waals surface area contributed by atoms with E-state index in [1.54, 1.807) is 0 Å². The normalized spacial score (nSPS) is 60.7. The zero-order valence-electron chi connectivity index (χ0n) is 14.0. The summed E-state index contributed by atoms with van der Waals surface area (Å²) in [6, 6.07) is 0. The predicted molar refractivity (Wildman–Crippen MR) is 85.1 cm³/mol. The van der Waals surface area contributed by atoms with E-state index < -0.39 is 0 Å². The van der Waals surface area contributed by atoms with E-state index in [1.165, 1.54) is 19.3 Å². The lowest BCUT2D eigenvalue weighted by Crippen LogP contribution is -2.58.